The van der Waals surface area contributed by atoms with Gasteiger partial charge >= 0.3 is 0 Å². The van der Waals surface area contributed by atoms with Crippen molar-refractivity contribution >= 4 is 16.1 Å². The zero-order chi connectivity index (χ0) is 5.86. The van der Waals surface area contributed by atoms with Crippen molar-refractivity contribution in [3.8, 4) is 6.19 Å². The van der Waals surface area contributed by atoms with Crippen molar-refractivity contribution in [1.82, 2.24) is 4.03 Å². The van der Waals surface area contributed by atoms with E-state index in [1.807, 2.05) is 0 Å². The van der Waals surface area contributed by atoms with Gasteiger partial charge in [0, 0.05) is 4.03 Å². The Labute approximate surface area is 47.6 Å². The van der Waals surface area contributed by atoms with Crippen molar-refractivity contribution in [1.29, 1.82) is 5.26 Å². The number of nitrogens with zero attached hydrogens (tertiary/aromatic N) is 3. The van der Waals surface area contributed by atoms with Gasteiger partial charge in [-0.3, -0.25) is 0 Å². The summed E-state index contributed by atoms with van der Waals surface area (Å²) in [5, 5.41) is 16.2. The van der Waals surface area contributed by atoms with Crippen LogP contribution >= 0.6 is 16.1 Å². The van der Waals surface area contributed by atoms with Crippen LogP contribution in [0.15, 0.2) is 0 Å². The van der Waals surface area contributed by atoms with E-state index in [0.717, 1.165) is 0 Å². The Morgan fingerprint density at radius 3 is 2.43 bits per heavy atom. The van der Waals surface area contributed by atoms with E-state index in [1.165, 1.54) is 6.19 Å². The second-order valence-electron chi connectivity index (χ2n) is 0.598. The fraction of sp³-hybridized carbons (Fsp3) is 0. The predicted octanol–water partition coefficient (Wildman–Crippen LogP) is 0.271. The van der Waals surface area contributed by atoms with Crippen molar-refractivity contribution in [3.63, 3.8) is 0 Å². The van der Waals surface area contributed by atoms with Gasteiger partial charge in [0.25, 0.3) is 6.19 Å². The summed E-state index contributed by atoms with van der Waals surface area (Å²) in [4.78, 5) is 9.39. The minimum absolute atomic E-state index is 0.132. The average molecular weight is 166 g/mol. The van der Waals surface area contributed by atoms with Crippen LogP contribution in [0, 0.1) is 21.6 Å². The maximum Gasteiger partial charge on any atom is 0.259 e. The molecule has 38 valence electrons. The summed E-state index contributed by atoms with van der Waals surface area (Å²) < 4.78 is 0.132. The molecule has 5 nitrogen and oxygen atoms in total. The van der Waals surface area contributed by atoms with Crippen LogP contribution in [0.25, 0.3) is 0 Å². The van der Waals surface area contributed by atoms with Crippen LogP contribution in [-0.2, 0) is 0 Å². The topological polar surface area (TPSA) is 70.2 Å². The number of nitriles is 1. The maximum atomic E-state index is 9.39. The van der Waals surface area contributed by atoms with Crippen LogP contribution < -0.4 is 0 Å². The SMILES string of the molecule is N#CN(Br)[N+](=O)[O-]. The monoisotopic (exact) mass is 165 g/mol. The normalized spacial score (nSPS) is 6.86. The fourth-order valence-electron chi connectivity index (χ4n) is 0.0365. The molecule has 0 aliphatic carbocycles. The first-order valence-corrected chi connectivity index (χ1v) is 1.89. The molecule has 0 aliphatic rings. The van der Waals surface area contributed by atoms with E-state index in [2.05, 4.69) is 16.1 Å². The molecule has 0 saturated carbocycles. The number of rotatable bonds is 1. The average Bonchev–Trinajstić information content (AvgIpc) is 1.65. The zero-order valence-electron chi connectivity index (χ0n) is 3.04. The first-order valence-electron chi connectivity index (χ1n) is 1.18. The van der Waals surface area contributed by atoms with Crippen LogP contribution in [0.2, 0.25) is 0 Å². The van der Waals surface area contributed by atoms with E-state index in [0.29, 0.717) is 0 Å². The lowest BCUT2D eigenvalue weighted by Crippen LogP contribution is -2.11. The Morgan fingerprint density at radius 2 is 2.43 bits per heavy atom. The van der Waals surface area contributed by atoms with Gasteiger partial charge in [-0.05, 0) is 0 Å². The molecule has 0 amide bonds. The first-order chi connectivity index (χ1) is 3.18. The lowest BCUT2D eigenvalue weighted by atomic mass is 11.4. The fourth-order valence-corrected chi connectivity index (χ4v) is 0.0365. The smallest absolute Gasteiger partial charge is 0.233 e. The van der Waals surface area contributed by atoms with Gasteiger partial charge in [0.05, 0.1) is 0 Å². The van der Waals surface area contributed by atoms with Gasteiger partial charge in [-0.1, -0.05) is 0 Å². The first kappa shape index (κ1) is 6.17. The van der Waals surface area contributed by atoms with Crippen molar-refractivity contribution in [3.05, 3.63) is 10.1 Å². The summed E-state index contributed by atoms with van der Waals surface area (Å²) in [5.74, 6) is 0. The molecule has 0 spiro atoms. The molecule has 0 aromatic heterocycles. The number of hydrogen-bond acceptors (Lipinski definition) is 3. The molecule has 0 saturated heterocycles. The van der Waals surface area contributed by atoms with Gasteiger partial charge in [-0.15, -0.1) is 0 Å². The Balaban J connectivity index is 3.63. The second kappa shape index (κ2) is 2.36. The third-order valence-corrected chi connectivity index (χ3v) is 0.643. The number of hydrogen-bond donors (Lipinski definition) is 0. The predicted molar refractivity (Wildman–Crippen MR) is 23.4 cm³/mol. The van der Waals surface area contributed by atoms with E-state index in [-0.39, 0.29) is 4.03 Å². The van der Waals surface area contributed by atoms with Crippen LogP contribution in [0.5, 0.6) is 0 Å². The van der Waals surface area contributed by atoms with Crippen LogP contribution in [0.3, 0.4) is 0 Å². The molecule has 0 unspecified atom stereocenters. The molecule has 0 aromatic carbocycles. The van der Waals surface area contributed by atoms with E-state index in [1.54, 1.807) is 0 Å². The molecular weight excluding hydrogens is 166 g/mol. The molecular formula is CBrN3O2. The van der Waals surface area contributed by atoms with Gasteiger partial charge in [0.15, 0.2) is 5.03 Å². The van der Waals surface area contributed by atoms with Gasteiger partial charge < -0.3 is 0 Å². The summed E-state index contributed by atoms with van der Waals surface area (Å²) in [6.07, 6.45) is 1.22. The van der Waals surface area contributed by atoms with Crippen molar-refractivity contribution in [2.45, 2.75) is 0 Å². The summed E-state index contributed by atoms with van der Waals surface area (Å²) in [6.45, 7) is 0. The molecule has 0 aromatic rings. The number of nitro groups is 1. The molecule has 0 aliphatic heterocycles. The lowest BCUT2D eigenvalue weighted by Gasteiger charge is -1.86. The highest BCUT2D eigenvalue weighted by Gasteiger charge is 2.04. The van der Waals surface area contributed by atoms with E-state index in [4.69, 9.17) is 5.26 Å². The number of halogens is 1. The highest BCUT2D eigenvalue weighted by atomic mass is 79.9. The standard InChI is InChI=1S/CBrN3O2/c2-4(1-3)5(6)7. The molecule has 0 heterocycles. The van der Waals surface area contributed by atoms with Crippen molar-refractivity contribution in [2.75, 3.05) is 0 Å². The summed E-state index contributed by atoms with van der Waals surface area (Å²) in [7, 11) is 0. The summed E-state index contributed by atoms with van der Waals surface area (Å²) in [6, 6.07) is 0. The molecule has 0 atom stereocenters. The Bertz CT molecular complexity index is 117. The van der Waals surface area contributed by atoms with Crippen molar-refractivity contribution in [2.24, 2.45) is 0 Å². The Morgan fingerprint density at radius 1 is 2.00 bits per heavy atom. The maximum absolute atomic E-state index is 9.39. The Hall–Kier alpha value is -0.830. The van der Waals surface area contributed by atoms with Crippen LogP contribution in [0.1, 0.15) is 0 Å². The van der Waals surface area contributed by atoms with Crippen LogP contribution in [0.4, 0.5) is 0 Å². The quantitative estimate of drug-likeness (QED) is 0.184. The highest BCUT2D eigenvalue weighted by molar-refractivity contribution is 9.07. The minimum atomic E-state index is -0.889. The van der Waals surface area contributed by atoms with E-state index in [9.17, 15) is 10.1 Å². The third-order valence-electron chi connectivity index (χ3n) is 0.226. The van der Waals surface area contributed by atoms with Gasteiger partial charge in [0.1, 0.15) is 16.1 Å². The molecule has 0 bridgehead atoms. The van der Waals surface area contributed by atoms with E-state index < -0.39 is 5.03 Å². The van der Waals surface area contributed by atoms with Gasteiger partial charge in [0.2, 0.25) is 0 Å². The van der Waals surface area contributed by atoms with Gasteiger partial charge in [-0.25, -0.2) is 10.1 Å². The summed E-state index contributed by atoms with van der Waals surface area (Å²) >= 11 is 2.31. The summed E-state index contributed by atoms with van der Waals surface area (Å²) in [5.41, 5.74) is 0. The zero-order valence-corrected chi connectivity index (χ0v) is 4.62. The minimum Gasteiger partial charge on any atom is -0.233 e. The molecule has 6 heteroatoms. The Kier molecular flexibility index (Phi) is 2.08. The molecule has 0 N–H and O–H groups in total. The van der Waals surface area contributed by atoms with Crippen molar-refractivity contribution < 1.29 is 5.03 Å². The van der Waals surface area contributed by atoms with Crippen LogP contribution in [-0.4, -0.2) is 9.07 Å². The molecule has 0 rings (SSSR count). The van der Waals surface area contributed by atoms with Gasteiger partial charge in [-0.2, -0.15) is 5.26 Å². The third kappa shape index (κ3) is 1.94. The highest BCUT2D eigenvalue weighted by Crippen LogP contribution is 1.91. The molecule has 7 heavy (non-hydrogen) atoms. The number of hydrazine groups is 1. The molecule has 0 radical (unpaired) electrons. The second-order valence-corrected chi connectivity index (χ2v) is 1.27. The molecule has 0 fully saturated rings. The largest absolute Gasteiger partial charge is 0.259 e. The van der Waals surface area contributed by atoms with E-state index >= 15 is 0 Å². The lowest BCUT2D eigenvalue weighted by molar-refractivity contribution is -0.594.